The second-order valence-corrected chi connectivity index (χ2v) is 7.36. The molecule has 0 saturated carbocycles. The minimum absolute atomic E-state index is 0. The van der Waals surface area contributed by atoms with Gasteiger partial charge in [0, 0.05) is 24.2 Å². The Morgan fingerprint density at radius 2 is 1.90 bits per heavy atom. The van der Waals surface area contributed by atoms with Gasteiger partial charge in [0.1, 0.15) is 5.75 Å². The molecule has 1 aliphatic rings. The first-order chi connectivity index (χ1) is 14.1. The van der Waals surface area contributed by atoms with Crippen LogP contribution in [0.25, 0.3) is 0 Å². The number of halogens is 1. The topological polar surface area (TPSA) is 84.7 Å². The van der Waals surface area contributed by atoms with Crippen LogP contribution in [-0.4, -0.2) is 32.0 Å². The number of nitrogens with one attached hydrogen (secondary N) is 1. The minimum Gasteiger partial charge on any atom is -0.496 e. The van der Waals surface area contributed by atoms with Crippen molar-refractivity contribution in [1.29, 1.82) is 0 Å². The number of nitrogens with zero attached hydrogens (tertiary/aromatic N) is 1. The van der Waals surface area contributed by atoms with E-state index in [1.54, 1.807) is 12.0 Å². The monoisotopic (exact) mass is 431 g/mol. The van der Waals surface area contributed by atoms with Crippen molar-refractivity contribution < 1.29 is 14.3 Å². The maximum atomic E-state index is 13.1. The van der Waals surface area contributed by atoms with E-state index in [0.717, 1.165) is 23.2 Å². The van der Waals surface area contributed by atoms with Crippen molar-refractivity contribution in [2.45, 2.75) is 32.2 Å². The Kier molecular flexibility index (Phi) is 8.69. The van der Waals surface area contributed by atoms with Crippen LogP contribution < -0.4 is 20.7 Å². The number of amides is 2. The van der Waals surface area contributed by atoms with Gasteiger partial charge in [-0.05, 0) is 44.5 Å². The van der Waals surface area contributed by atoms with Crippen molar-refractivity contribution in [2.24, 2.45) is 11.7 Å². The van der Waals surface area contributed by atoms with Crippen molar-refractivity contribution in [3.05, 3.63) is 59.7 Å². The quantitative estimate of drug-likeness (QED) is 0.658. The highest BCUT2D eigenvalue weighted by Gasteiger charge is 2.42. The average Bonchev–Trinajstić information content (AvgIpc) is 2.74. The van der Waals surface area contributed by atoms with Crippen molar-refractivity contribution in [2.75, 3.05) is 25.1 Å². The molecule has 0 radical (unpaired) electrons. The van der Waals surface area contributed by atoms with Gasteiger partial charge in [-0.2, -0.15) is 0 Å². The standard InChI is InChI=1S/C23H29N3O3.ClH/c1-16-8-10-17(11-9-16)26-21(27)13-12-19(23(28)25-15-5-14-24)22(26)18-6-3-4-7-20(18)29-2;/h3-4,6-11,19,22H,5,12-15,24H2,1-2H3,(H,25,28);1H. The van der Waals surface area contributed by atoms with E-state index >= 15 is 0 Å². The maximum Gasteiger partial charge on any atom is 0.227 e. The van der Waals surface area contributed by atoms with E-state index in [9.17, 15) is 9.59 Å². The van der Waals surface area contributed by atoms with Crippen molar-refractivity contribution >= 4 is 29.9 Å². The summed E-state index contributed by atoms with van der Waals surface area (Å²) in [5.74, 6) is 0.252. The van der Waals surface area contributed by atoms with Crippen LogP contribution in [0.3, 0.4) is 0 Å². The van der Waals surface area contributed by atoms with Crippen LogP contribution in [0.1, 0.15) is 36.4 Å². The fourth-order valence-electron chi connectivity index (χ4n) is 3.89. The number of aryl methyl sites for hydroxylation is 1. The summed E-state index contributed by atoms with van der Waals surface area (Å²) in [5, 5.41) is 2.99. The summed E-state index contributed by atoms with van der Waals surface area (Å²) >= 11 is 0. The lowest BCUT2D eigenvalue weighted by Crippen LogP contribution is -2.48. The van der Waals surface area contributed by atoms with Gasteiger partial charge in [-0.15, -0.1) is 12.4 Å². The lowest BCUT2D eigenvalue weighted by molar-refractivity contribution is -0.129. The smallest absolute Gasteiger partial charge is 0.227 e. The van der Waals surface area contributed by atoms with E-state index in [2.05, 4.69) is 5.32 Å². The Morgan fingerprint density at radius 1 is 1.20 bits per heavy atom. The third-order valence-electron chi connectivity index (χ3n) is 5.38. The van der Waals surface area contributed by atoms with Crippen molar-refractivity contribution in [1.82, 2.24) is 5.32 Å². The highest BCUT2D eigenvalue weighted by molar-refractivity contribution is 5.97. The number of piperidine rings is 1. The van der Waals surface area contributed by atoms with Gasteiger partial charge in [0.05, 0.1) is 19.1 Å². The number of hydrogen-bond acceptors (Lipinski definition) is 4. The van der Waals surface area contributed by atoms with E-state index in [1.165, 1.54) is 0 Å². The molecular weight excluding hydrogens is 402 g/mol. The summed E-state index contributed by atoms with van der Waals surface area (Å²) in [7, 11) is 1.61. The molecule has 3 rings (SSSR count). The molecular formula is C23H30ClN3O3. The molecule has 2 aromatic carbocycles. The molecule has 0 aromatic heterocycles. The molecule has 1 aliphatic heterocycles. The minimum atomic E-state index is -0.437. The second-order valence-electron chi connectivity index (χ2n) is 7.36. The number of benzene rings is 2. The molecule has 3 N–H and O–H groups in total. The number of para-hydroxylation sites is 1. The van der Waals surface area contributed by atoms with Crippen LogP contribution >= 0.6 is 12.4 Å². The van der Waals surface area contributed by atoms with Gasteiger partial charge in [-0.3, -0.25) is 9.59 Å². The van der Waals surface area contributed by atoms with E-state index in [1.807, 2.05) is 55.5 Å². The van der Waals surface area contributed by atoms with Gasteiger partial charge in [-0.25, -0.2) is 0 Å². The first kappa shape index (κ1) is 23.7. The molecule has 1 heterocycles. The highest BCUT2D eigenvalue weighted by atomic mass is 35.5. The van der Waals surface area contributed by atoms with E-state index in [-0.39, 0.29) is 30.1 Å². The molecule has 6 nitrogen and oxygen atoms in total. The van der Waals surface area contributed by atoms with Crippen LogP contribution in [0, 0.1) is 12.8 Å². The first-order valence-electron chi connectivity index (χ1n) is 10.1. The molecule has 2 unspecified atom stereocenters. The maximum absolute atomic E-state index is 13.1. The van der Waals surface area contributed by atoms with Crippen LogP contribution in [0.5, 0.6) is 5.75 Å². The van der Waals surface area contributed by atoms with Gasteiger partial charge >= 0.3 is 0 Å². The van der Waals surface area contributed by atoms with Gasteiger partial charge in [-0.1, -0.05) is 35.9 Å². The van der Waals surface area contributed by atoms with Crippen LogP contribution in [0.15, 0.2) is 48.5 Å². The third-order valence-corrected chi connectivity index (χ3v) is 5.38. The second kappa shape index (κ2) is 11.0. The van der Waals surface area contributed by atoms with Crippen LogP contribution in [-0.2, 0) is 9.59 Å². The van der Waals surface area contributed by atoms with Gasteiger partial charge < -0.3 is 20.7 Å². The zero-order chi connectivity index (χ0) is 20.8. The van der Waals surface area contributed by atoms with Crippen LogP contribution in [0.2, 0.25) is 0 Å². The van der Waals surface area contributed by atoms with Crippen molar-refractivity contribution in [3.63, 3.8) is 0 Å². The zero-order valence-electron chi connectivity index (χ0n) is 17.5. The largest absolute Gasteiger partial charge is 0.496 e. The molecule has 7 heteroatoms. The van der Waals surface area contributed by atoms with Gasteiger partial charge in [0.2, 0.25) is 11.8 Å². The SMILES string of the molecule is COc1ccccc1C1C(C(=O)NCCCN)CCC(=O)N1c1ccc(C)cc1.Cl. The zero-order valence-corrected chi connectivity index (χ0v) is 18.3. The molecule has 0 aliphatic carbocycles. The van der Waals surface area contributed by atoms with Crippen molar-refractivity contribution in [3.8, 4) is 5.75 Å². The number of carbonyl (C=O) groups is 2. The Labute approximate surface area is 184 Å². The summed E-state index contributed by atoms with van der Waals surface area (Å²) in [6, 6.07) is 15.0. The fraction of sp³-hybridized carbons (Fsp3) is 0.391. The number of anilines is 1. The highest BCUT2D eigenvalue weighted by Crippen LogP contribution is 2.43. The number of hydrogen-bond donors (Lipinski definition) is 2. The predicted octanol–water partition coefficient (Wildman–Crippen LogP) is 3.37. The summed E-state index contributed by atoms with van der Waals surface area (Å²) in [4.78, 5) is 27.8. The number of ether oxygens (including phenoxy) is 1. The summed E-state index contributed by atoms with van der Waals surface area (Å²) in [6.45, 7) is 3.06. The normalized spacial score (nSPS) is 18.5. The molecule has 2 amide bonds. The molecule has 0 bridgehead atoms. The number of methoxy groups -OCH3 is 1. The molecule has 1 fully saturated rings. The number of nitrogens with two attached hydrogens (primary N) is 1. The third kappa shape index (κ3) is 5.12. The molecule has 2 aromatic rings. The number of carbonyl (C=O) groups excluding carboxylic acids is 2. The van der Waals surface area contributed by atoms with Gasteiger partial charge in [0.15, 0.2) is 0 Å². The Balaban J connectivity index is 0.00000320. The Hall–Kier alpha value is -2.57. The molecule has 162 valence electrons. The summed E-state index contributed by atoms with van der Waals surface area (Å²) in [5.41, 5.74) is 8.29. The molecule has 2 atom stereocenters. The van der Waals surface area contributed by atoms with E-state index in [0.29, 0.717) is 31.7 Å². The fourth-order valence-corrected chi connectivity index (χ4v) is 3.89. The van der Waals surface area contributed by atoms with Crippen LogP contribution in [0.4, 0.5) is 5.69 Å². The lowest BCUT2D eigenvalue weighted by Gasteiger charge is -2.41. The van der Waals surface area contributed by atoms with Gasteiger partial charge in [0.25, 0.3) is 0 Å². The molecule has 1 saturated heterocycles. The molecule has 30 heavy (non-hydrogen) atoms. The number of rotatable bonds is 7. The lowest BCUT2D eigenvalue weighted by atomic mass is 9.82. The summed E-state index contributed by atoms with van der Waals surface area (Å²) in [6.07, 6.45) is 1.55. The molecule has 0 spiro atoms. The first-order valence-corrected chi connectivity index (χ1v) is 10.1. The average molecular weight is 432 g/mol. The Morgan fingerprint density at radius 3 is 2.57 bits per heavy atom. The Bertz CT molecular complexity index is 857. The van der Waals surface area contributed by atoms with E-state index in [4.69, 9.17) is 10.5 Å². The summed E-state index contributed by atoms with van der Waals surface area (Å²) < 4.78 is 5.58. The predicted molar refractivity (Wildman–Crippen MR) is 121 cm³/mol. The van der Waals surface area contributed by atoms with E-state index < -0.39 is 6.04 Å².